The van der Waals surface area contributed by atoms with Gasteiger partial charge in [0.2, 0.25) is 16.0 Å². The monoisotopic (exact) mass is 444 g/mol. The van der Waals surface area contributed by atoms with Gasteiger partial charge >= 0.3 is 12.2 Å². The molecule has 0 aromatic carbocycles. The summed E-state index contributed by atoms with van der Waals surface area (Å²) in [5, 5.41) is 13.1. The summed E-state index contributed by atoms with van der Waals surface area (Å²) in [6.07, 6.45) is 2.88. The lowest BCUT2D eigenvalue weighted by Gasteiger charge is -2.11. The Morgan fingerprint density at radius 1 is 1.47 bits per heavy atom. The van der Waals surface area contributed by atoms with Crippen LogP contribution in [0, 0.1) is 0 Å². The van der Waals surface area contributed by atoms with Crippen molar-refractivity contribution in [3.63, 3.8) is 0 Å². The van der Waals surface area contributed by atoms with Crippen LogP contribution in [0.3, 0.4) is 0 Å². The van der Waals surface area contributed by atoms with Crippen molar-refractivity contribution in [2.24, 2.45) is 10.7 Å². The molecule has 0 aliphatic carbocycles. The SMILES string of the molecule is COc1c(NCCOC(F)F)cc(C(=O)Nc2nnc(/N=C(C)/C=C\N)s2)oc1=O. The number of methoxy groups -OCH3 is 1. The highest BCUT2D eigenvalue weighted by molar-refractivity contribution is 7.18. The van der Waals surface area contributed by atoms with E-state index >= 15 is 0 Å². The fourth-order valence-electron chi connectivity index (χ4n) is 2.05. The first-order chi connectivity index (χ1) is 14.3. The number of nitrogens with one attached hydrogen (secondary N) is 2. The van der Waals surface area contributed by atoms with Gasteiger partial charge in [-0.2, -0.15) is 8.78 Å². The molecular weight excluding hydrogens is 426 g/mol. The summed E-state index contributed by atoms with van der Waals surface area (Å²) >= 11 is 0.982. The Balaban J connectivity index is 2.14. The maximum absolute atomic E-state index is 12.4. The molecule has 162 valence electrons. The number of carbonyl (C=O) groups excluding carboxylic acids is 1. The second-order valence-electron chi connectivity index (χ2n) is 5.36. The quantitative estimate of drug-likeness (QED) is 0.368. The summed E-state index contributed by atoms with van der Waals surface area (Å²) in [4.78, 5) is 28.6. The summed E-state index contributed by atoms with van der Waals surface area (Å²) in [6, 6.07) is 1.19. The minimum Gasteiger partial charge on any atom is -0.488 e. The van der Waals surface area contributed by atoms with Gasteiger partial charge in [0.15, 0.2) is 5.76 Å². The van der Waals surface area contributed by atoms with Crippen molar-refractivity contribution in [2.75, 3.05) is 30.9 Å². The van der Waals surface area contributed by atoms with Crippen LogP contribution in [-0.2, 0) is 4.74 Å². The van der Waals surface area contributed by atoms with Gasteiger partial charge in [0, 0.05) is 18.3 Å². The van der Waals surface area contributed by atoms with Gasteiger partial charge in [0.1, 0.15) is 0 Å². The Morgan fingerprint density at radius 3 is 2.90 bits per heavy atom. The lowest BCUT2D eigenvalue weighted by atomic mass is 10.3. The van der Waals surface area contributed by atoms with Crippen LogP contribution in [0.4, 0.5) is 24.7 Å². The van der Waals surface area contributed by atoms with Crippen molar-refractivity contribution < 1.29 is 27.5 Å². The Morgan fingerprint density at radius 2 is 2.23 bits per heavy atom. The predicted octanol–water partition coefficient (Wildman–Crippen LogP) is 1.97. The molecule has 30 heavy (non-hydrogen) atoms. The number of alkyl halides is 2. The molecular formula is C16H18F2N6O5S. The van der Waals surface area contributed by atoms with Crippen LogP contribution in [0.5, 0.6) is 5.75 Å². The molecule has 0 saturated heterocycles. The fraction of sp³-hybridized carbons (Fsp3) is 0.312. The summed E-state index contributed by atoms with van der Waals surface area (Å²) in [7, 11) is 1.22. The van der Waals surface area contributed by atoms with Crippen LogP contribution in [0.15, 0.2) is 32.5 Å². The largest absolute Gasteiger partial charge is 0.488 e. The molecule has 0 saturated carbocycles. The van der Waals surface area contributed by atoms with E-state index in [0.29, 0.717) is 5.71 Å². The third-order valence-corrected chi connectivity index (χ3v) is 3.97. The lowest BCUT2D eigenvalue weighted by molar-refractivity contribution is -0.125. The van der Waals surface area contributed by atoms with E-state index in [1.54, 1.807) is 13.0 Å². The first kappa shape index (κ1) is 22.9. The lowest BCUT2D eigenvalue weighted by Crippen LogP contribution is -2.19. The number of carbonyl (C=O) groups is 1. The molecule has 14 heteroatoms. The minimum atomic E-state index is -2.92. The molecule has 0 aliphatic rings. The zero-order valence-corrected chi connectivity index (χ0v) is 16.7. The zero-order valence-electron chi connectivity index (χ0n) is 15.8. The van der Waals surface area contributed by atoms with E-state index < -0.39 is 18.1 Å². The Labute approximate surface area is 172 Å². The number of halogens is 2. The van der Waals surface area contributed by atoms with Crippen molar-refractivity contribution in [1.82, 2.24) is 10.2 Å². The van der Waals surface area contributed by atoms with Gasteiger partial charge < -0.3 is 24.9 Å². The van der Waals surface area contributed by atoms with Crippen LogP contribution in [0.1, 0.15) is 17.5 Å². The van der Waals surface area contributed by atoms with Gasteiger partial charge in [0.05, 0.1) is 19.4 Å². The average Bonchev–Trinajstić information content (AvgIpc) is 3.11. The van der Waals surface area contributed by atoms with E-state index in [9.17, 15) is 18.4 Å². The van der Waals surface area contributed by atoms with E-state index in [2.05, 4.69) is 30.6 Å². The van der Waals surface area contributed by atoms with Gasteiger partial charge in [0.25, 0.3) is 5.91 Å². The van der Waals surface area contributed by atoms with Crippen LogP contribution < -0.4 is 26.7 Å². The molecule has 0 spiro atoms. The molecule has 0 atom stereocenters. The maximum Gasteiger partial charge on any atom is 0.381 e. The summed E-state index contributed by atoms with van der Waals surface area (Å²) in [5.41, 5.74) is 4.99. The molecule has 2 rings (SSSR count). The molecule has 0 bridgehead atoms. The molecule has 0 fully saturated rings. The number of hydrogen-bond donors (Lipinski definition) is 3. The van der Waals surface area contributed by atoms with Gasteiger partial charge in [-0.15, -0.1) is 10.2 Å². The zero-order chi connectivity index (χ0) is 22.1. The molecule has 2 aromatic rings. The normalized spacial score (nSPS) is 11.8. The van der Waals surface area contributed by atoms with Crippen molar-refractivity contribution in [2.45, 2.75) is 13.5 Å². The van der Waals surface area contributed by atoms with Gasteiger partial charge in [-0.05, 0) is 19.2 Å². The molecule has 1 amide bonds. The van der Waals surface area contributed by atoms with Crippen LogP contribution in [-0.4, -0.2) is 48.7 Å². The van der Waals surface area contributed by atoms with Crippen LogP contribution in [0.25, 0.3) is 0 Å². The molecule has 11 nitrogen and oxygen atoms in total. The number of allylic oxidation sites excluding steroid dienone is 1. The highest BCUT2D eigenvalue weighted by Crippen LogP contribution is 2.25. The number of rotatable bonds is 10. The van der Waals surface area contributed by atoms with Gasteiger partial charge in [-0.3, -0.25) is 10.1 Å². The summed E-state index contributed by atoms with van der Waals surface area (Å²) < 4.78 is 38.1. The maximum atomic E-state index is 12.4. The third-order valence-electron chi connectivity index (χ3n) is 3.24. The number of anilines is 2. The average molecular weight is 444 g/mol. The van der Waals surface area contributed by atoms with E-state index in [1.807, 2.05) is 0 Å². The Bertz CT molecular complexity index is 991. The number of nitrogens with zero attached hydrogens (tertiary/aromatic N) is 3. The second kappa shape index (κ2) is 11.0. The van der Waals surface area contributed by atoms with Crippen molar-refractivity contribution >= 4 is 38.9 Å². The molecule has 4 N–H and O–H groups in total. The van der Waals surface area contributed by atoms with Crippen LogP contribution >= 0.6 is 11.3 Å². The molecule has 0 radical (unpaired) electrons. The number of aromatic nitrogens is 2. The molecule has 2 aromatic heterocycles. The third kappa shape index (κ3) is 6.59. The second-order valence-corrected chi connectivity index (χ2v) is 6.32. The number of amides is 1. The highest BCUT2D eigenvalue weighted by Gasteiger charge is 2.18. The minimum absolute atomic E-state index is 0.0699. The smallest absolute Gasteiger partial charge is 0.381 e. The molecule has 0 aliphatic heterocycles. The van der Waals surface area contributed by atoms with Gasteiger partial charge in [-0.25, -0.2) is 9.79 Å². The fourth-order valence-corrected chi connectivity index (χ4v) is 2.72. The predicted molar refractivity (Wildman–Crippen MR) is 106 cm³/mol. The summed E-state index contributed by atoms with van der Waals surface area (Å²) in [5.74, 6) is -1.37. The van der Waals surface area contributed by atoms with E-state index in [0.717, 1.165) is 11.3 Å². The van der Waals surface area contributed by atoms with Crippen molar-refractivity contribution in [1.29, 1.82) is 0 Å². The Kier molecular flexibility index (Phi) is 8.37. The van der Waals surface area contributed by atoms with Crippen molar-refractivity contribution in [3.8, 4) is 5.75 Å². The van der Waals surface area contributed by atoms with Crippen LogP contribution in [0.2, 0.25) is 0 Å². The summed E-state index contributed by atoms with van der Waals surface area (Å²) in [6.45, 7) is -1.63. The van der Waals surface area contributed by atoms with Crippen molar-refractivity contribution in [3.05, 3.63) is 34.5 Å². The number of aliphatic imine (C=N–C) groups is 1. The first-order valence-electron chi connectivity index (χ1n) is 8.28. The Hall–Kier alpha value is -3.39. The number of hydrogen-bond acceptors (Lipinski definition) is 11. The van der Waals surface area contributed by atoms with E-state index in [-0.39, 0.29) is 40.6 Å². The standard InChI is InChI=1S/C16H18F2N6O5S/c1-8(3-4-19)21-15-23-24-16(30-15)22-12(25)10-7-9(11(27-2)13(26)29-10)20-5-6-28-14(17)18/h3-4,7,14,20H,5-6,19H2,1-2H3,(H,22,24,25)/b4-3-,21-8+. The van der Waals surface area contributed by atoms with Gasteiger partial charge in [-0.1, -0.05) is 11.3 Å². The number of ether oxygens (including phenoxy) is 2. The molecule has 0 unspecified atom stereocenters. The highest BCUT2D eigenvalue weighted by atomic mass is 32.1. The first-order valence-corrected chi connectivity index (χ1v) is 9.10. The van der Waals surface area contributed by atoms with E-state index in [1.165, 1.54) is 19.4 Å². The molecule has 2 heterocycles. The number of nitrogens with two attached hydrogens (primary N) is 1. The topological polar surface area (TPSA) is 154 Å². The van der Waals surface area contributed by atoms with E-state index in [4.69, 9.17) is 14.9 Å².